The third-order valence-corrected chi connectivity index (χ3v) is 5.96. The highest BCUT2D eigenvalue weighted by molar-refractivity contribution is 7.22. The Morgan fingerprint density at radius 3 is 2.46 bits per heavy atom. The van der Waals surface area contributed by atoms with Crippen LogP contribution in [0.3, 0.4) is 0 Å². The van der Waals surface area contributed by atoms with Gasteiger partial charge in [-0.05, 0) is 19.8 Å². The largest absolute Gasteiger partial charge is 0.486 e. The lowest BCUT2D eigenvalue weighted by molar-refractivity contribution is -0.130. The fourth-order valence-corrected chi connectivity index (χ4v) is 4.91. The Kier molecular flexibility index (Phi) is 5.44. The van der Waals surface area contributed by atoms with E-state index in [1.807, 2.05) is 12.1 Å². The highest BCUT2D eigenvalue weighted by atomic mass is 32.1. The molecule has 8 heteroatoms. The number of hydrogen-bond donors (Lipinski definition) is 1. The third-order valence-electron chi connectivity index (χ3n) is 5.02. The lowest BCUT2D eigenvalue weighted by atomic mass is 10.00. The minimum atomic E-state index is -0.222. The van der Waals surface area contributed by atoms with Gasteiger partial charge in [0.25, 0.3) is 0 Å². The van der Waals surface area contributed by atoms with Gasteiger partial charge in [0.1, 0.15) is 13.2 Å². The maximum atomic E-state index is 13.1. The smallest absolute Gasteiger partial charge is 0.243 e. The molecule has 0 aliphatic carbocycles. The zero-order valence-electron chi connectivity index (χ0n) is 16.7. The van der Waals surface area contributed by atoms with Crippen molar-refractivity contribution in [3.8, 4) is 11.5 Å². The number of benzene rings is 1. The first-order valence-electron chi connectivity index (χ1n) is 9.81. The highest BCUT2D eigenvalue weighted by Gasteiger charge is 2.34. The van der Waals surface area contributed by atoms with E-state index in [2.05, 4.69) is 42.9 Å². The molecule has 2 aliphatic heterocycles. The molecule has 0 radical (unpaired) electrons. The van der Waals surface area contributed by atoms with Crippen molar-refractivity contribution in [1.29, 1.82) is 0 Å². The van der Waals surface area contributed by atoms with Crippen molar-refractivity contribution in [1.82, 2.24) is 9.88 Å². The molecule has 1 fully saturated rings. The molecule has 0 spiro atoms. The molecular weight excluding hydrogens is 378 g/mol. The van der Waals surface area contributed by atoms with Crippen LogP contribution in [0.1, 0.15) is 27.7 Å². The van der Waals surface area contributed by atoms with Gasteiger partial charge in [-0.25, -0.2) is 4.98 Å². The summed E-state index contributed by atoms with van der Waals surface area (Å²) in [6.07, 6.45) is 0.234. The normalized spacial score (nSPS) is 23.8. The number of thiazole rings is 1. The van der Waals surface area contributed by atoms with Crippen LogP contribution in [-0.2, 0) is 9.53 Å². The number of nitrogens with one attached hydrogen (secondary N) is 1. The van der Waals surface area contributed by atoms with Gasteiger partial charge in [-0.1, -0.05) is 25.2 Å². The van der Waals surface area contributed by atoms with E-state index in [9.17, 15) is 4.79 Å². The number of nitrogens with zero attached hydrogens (tertiary/aromatic N) is 2. The van der Waals surface area contributed by atoms with Crippen LogP contribution in [0.5, 0.6) is 11.5 Å². The summed E-state index contributed by atoms with van der Waals surface area (Å²) < 4.78 is 18.1. The van der Waals surface area contributed by atoms with Crippen molar-refractivity contribution in [2.75, 3.05) is 31.6 Å². The summed E-state index contributed by atoms with van der Waals surface area (Å²) in [5.41, 5.74) is 0.805. The summed E-state index contributed by atoms with van der Waals surface area (Å²) in [5, 5.41) is 3.63. The lowest BCUT2D eigenvalue weighted by Crippen LogP contribution is -2.55. The van der Waals surface area contributed by atoms with Crippen LogP contribution in [0.4, 0.5) is 5.13 Å². The van der Waals surface area contributed by atoms with E-state index in [-0.39, 0.29) is 30.1 Å². The Morgan fingerprint density at radius 1 is 1.18 bits per heavy atom. The second-order valence-corrected chi connectivity index (χ2v) is 8.90. The second-order valence-electron chi connectivity index (χ2n) is 7.87. The number of rotatable bonds is 4. The molecule has 1 amide bonds. The topological polar surface area (TPSA) is 72.9 Å². The van der Waals surface area contributed by atoms with E-state index in [0.29, 0.717) is 24.1 Å². The molecule has 3 atom stereocenters. The van der Waals surface area contributed by atoms with E-state index in [1.165, 1.54) is 11.3 Å². The minimum absolute atomic E-state index is 0.0207. The molecule has 2 aliphatic rings. The fourth-order valence-electron chi connectivity index (χ4n) is 4.03. The molecule has 1 saturated heterocycles. The Labute approximate surface area is 169 Å². The average molecular weight is 406 g/mol. The van der Waals surface area contributed by atoms with Crippen molar-refractivity contribution >= 4 is 32.6 Å². The quantitative estimate of drug-likeness (QED) is 0.843. The van der Waals surface area contributed by atoms with Gasteiger partial charge in [0.15, 0.2) is 16.6 Å². The molecule has 7 nitrogen and oxygen atoms in total. The fraction of sp³-hybridized carbons (Fsp3) is 0.600. The molecule has 1 aromatic carbocycles. The van der Waals surface area contributed by atoms with Crippen LogP contribution in [0.25, 0.3) is 10.2 Å². The molecule has 1 N–H and O–H groups in total. The van der Waals surface area contributed by atoms with Gasteiger partial charge in [-0.3, -0.25) is 9.69 Å². The van der Waals surface area contributed by atoms with E-state index >= 15 is 0 Å². The standard InChI is InChI=1S/C20H27N3O4S/c1-11(2)18(23-9-12(3)27-13(4)10-23)19(24)22-20-21-14-7-15-16(8-17(14)28-20)26-6-5-25-15/h7-8,11-13,18H,5-6,9-10H2,1-4H3,(H,21,22,24). The number of carbonyl (C=O) groups excluding carboxylic acids is 1. The number of anilines is 1. The van der Waals surface area contributed by atoms with Crippen LogP contribution in [0, 0.1) is 5.92 Å². The average Bonchev–Trinajstić information content (AvgIpc) is 2.99. The van der Waals surface area contributed by atoms with E-state index in [4.69, 9.17) is 14.2 Å². The summed E-state index contributed by atoms with van der Waals surface area (Å²) in [5.74, 6) is 1.60. The number of aromatic nitrogens is 1. The zero-order chi connectivity index (χ0) is 19.8. The molecule has 28 heavy (non-hydrogen) atoms. The van der Waals surface area contributed by atoms with Crippen molar-refractivity contribution in [3.05, 3.63) is 12.1 Å². The van der Waals surface area contributed by atoms with Gasteiger partial charge in [0, 0.05) is 25.2 Å². The van der Waals surface area contributed by atoms with Crippen molar-refractivity contribution < 1.29 is 19.0 Å². The molecule has 0 saturated carbocycles. The Bertz CT molecular complexity index is 815. The molecule has 2 aromatic rings. The minimum Gasteiger partial charge on any atom is -0.486 e. The second kappa shape index (κ2) is 7.85. The van der Waals surface area contributed by atoms with E-state index in [0.717, 1.165) is 29.1 Å². The molecule has 3 heterocycles. The molecular formula is C20H27N3O4S. The Morgan fingerprint density at radius 2 is 1.82 bits per heavy atom. The van der Waals surface area contributed by atoms with Crippen molar-refractivity contribution in [2.24, 2.45) is 5.92 Å². The number of carbonyl (C=O) groups is 1. The maximum Gasteiger partial charge on any atom is 0.243 e. The van der Waals surface area contributed by atoms with Crippen LogP contribution in [-0.4, -0.2) is 60.3 Å². The van der Waals surface area contributed by atoms with Crippen LogP contribution >= 0.6 is 11.3 Å². The van der Waals surface area contributed by atoms with Crippen molar-refractivity contribution in [2.45, 2.75) is 45.9 Å². The van der Waals surface area contributed by atoms with E-state index in [1.54, 1.807) is 0 Å². The molecule has 152 valence electrons. The van der Waals surface area contributed by atoms with Crippen molar-refractivity contribution in [3.63, 3.8) is 0 Å². The van der Waals surface area contributed by atoms with Gasteiger partial charge in [0.05, 0.1) is 28.5 Å². The number of ether oxygens (including phenoxy) is 3. The molecule has 1 aromatic heterocycles. The maximum absolute atomic E-state index is 13.1. The lowest BCUT2D eigenvalue weighted by Gasteiger charge is -2.40. The number of amides is 1. The number of fused-ring (bicyclic) bond motifs is 2. The van der Waals surface area contributed by atoms with Crippen LogP contribution in [0.15, 0.2) is 12.1 Å². The third kappa shape index (κ3) is 3.94. The van der Waals surface area contributed by atoms with Gasteiger partial charge in [-0.2, -0.15) is 0 Å². The molecule has 0 bridgehead atoms. The first-order valence-corrected chi connectivity index (χ1v) is 10.6. The van der Waals surface area contributed by atoms with E-state index < -0.39 is 0 Å². The molecule has 3 unspecified atom stereocenters. The zero-order valence-corrected chi connectivity index (χ0v) is 17.5. The highest BCUT2D eigenvalue weighted by Crippen LogP contribution is 2.38. The number of morpholine rings is 1. The summed E-state index contributed by atoms with van der Waals surface area (Å²) in [7, 11) is 0. The first kappa shape index (κ1) is 19.4. The van der Waals surface area contributed by atoms with Gasteiger partial charge in [0.2, 0.25) is 5.91 Å². The summed E-state index contributed by atoms with van der Waals surface area (Å²) in [6, 6.07) is 3.59. The Balaban J connectivity index is 1.54. The van der Waals surface area contributed by atoms with Crippen LogP contribution in [0.2, 0.25) is 0 Å². The van der Waals surface area contributed by atoms with Crippen LogP contribution < -0.4 is 14.8 Å². The summed E-state index contributed by atoms with van der Waals surface area (Å²) in [4.78, 5) is 19.9. The van der Waals surface area contributed by atoms with Gasteiger partial charge < -0.3 is 19.5 Å². The van der Waals surface area contributed by atoms with Gasteiger partial charge in [-0.15, -0.1) is 0 Å². The molecule has 4 rings (SSSR count). The van der Waals surface area contributed by atoms with Gasteiger partial charge >= 0.3 is 0 Å². The number of hydrogen-bond acceptors (Lipinski definition) is 7. The Hall–Kier alpha value is -1.90. The summed E-state index contributed by atoms with van der Waals surface area (Å²) in [6.45, 7) is 10.9. The SMILES string of the molecule is CC1CN(C(C(=O)Nc2nc3cc4c(cc3s2)OCCO4)C(C)C)CC(C)O1. The predicted octanol–water partition coefficient (Wildman–Crippen LogP) is 3.14. The predicted molar refractivity (Wildman–Crippen MR) is 109 cm³/mol. The first-order chi connectivity index (χ1) is 13.4. The monoisotopic (exact) mass is 405 g/mol. The summed E-state index contributed by atoms with van der Waals surface area (Å²) >= 11 is 1.45.